The molecular weight excluding hydrogens is 136 g/mol. The summed E-state index contributed by atoms with van der Waals surface area (Å²) in [5.74, 6) is 0. The zero-order chi connectivity index (χ0) is 8.10. The van der Waals surface area contributed by atoms with Crippen molar-refractivity contribution >= 4 is 0 Å². The molecule has 0 amide bonds. The van der Waals surface area contributed by atoms with E-state index in [4.69, 9.17) is 5.73 Å². The molecular formula is C9H18N2. The van der Waals surface area contributed by atoms with E-state index in [-0.39, 0.29) is 0 Å². The van der Waals surface area contributed by atoms with Crippen LogP contribution in [-0.4, -0.2) is 31.1 Å². The second-order valence-electron chi connectivity index (χ2n) is 3.27. The van der Waals surface area contributed by atoms with Crippen LogP contribution >= 0.6 is 0 Å². The third kappa shape index (κ3) is 3.04. The molecule has 1 aliphatic heterocycles. The summed E-state index contributed by atoms with van der Waals surface area (Å²) < 4.78 is 0. The largest absolute Gasteiger partial charge is 0.327 e. The Morgan fingerprint density at radius 1 is 1.45 bits per heavy atom. The summed E-state index contributed by atoms with van der Waals surface area (Å²) in [5.41, 5.74) is 6.82. The van der Waals surface area contributed by atoms with Crippen LogP contribution in [0, 0.1) is 0 Å². The maximum Gasteiger partial charge on any atom is 0.0190 e. The van der Waals surface area contributed by atoms with Crippen molar-refractivity contribution in [3.8, 4) is 0 Å². The van der Waals surface area contributed by atoms with Gasteiger partial charge in [0.1, 0.15) is 0 Å². The van der Waals surface area contributed by atoms with Gasteiger partial charge in [0.05, 0.1) is 0 Å². The normalized spacial score (nSPS) is 21.1. The third-order valence-corrected chi connectivity index (χ3v) is 2.14. The van der Waals surface area contributed by atoms with Gasteiger partial charge in [0.15, 0.2) is 0 Å². The van der Waals surface area contributed by atoms with Crippen molar-refractivity contribution in [3.63, 3.8) is 0 Å². The summed E-state index contributed by atoms with van der Waals surface area (Å²) in [5, 5.41) is 0. The molecule has 1 aliphatic rings. The maximum absolute atomic E-state index is 5.41. The van der Waals surface area contributed by atoms with Gasteiger partial charge in [0.2, 0.25) is 0 Å². The van der Waals surface area contributed by atoms with E-state index in [1.807, 2.05) is 0 Å². The van der Waals surface area contributed by atoms with E-state index in [0.29, 0.717) is 6.54 Å². The molecule has 0 atom stereocenters. The molecule has 0 saturated carbocycles. The Balaban J connectivity index is 2.23. The lowest BCUT2D eigenvalue weighted by molar-refractivity contribution is 0.368. The summed E-state index contributed by atoms with van der Waals surface area (Å²) in [6, 6.07) is 0. The van der Waals surface area contributed by atoms with Crippen LogP contribution in [0.15, 0.2) is 11.6 Å². The summed E-state index contributed by atoms with van der Waals surface area (Å²) >= 11 is 0. The van der Waals surface area contributed by atoms with Crippen molar-refractivity contribution in [1.29, 1.82) is 0 Å². The number of nitrogens with two attached hydrogens (primary N) is 1. The van der Waals surface area contributed by atoms with Gasteiger partial charge in [-0.05, 0) is 32.9 Å². The molecule has 1 heterocycles. The molecule has 0 spiro atoms. The molecule has 0 aliphatic carbocycles. The Morgan fingerprint density at radius 3 is 2.64 bits per heavy atom. The monoisotopic (exact) mass is 154 g/mol. The molecule has 0 aromatic heterocycles. The molecule has 0 radical (unpaired) electrons. The molecule has 0 bridgehead atoms. The van der Waals surface area contributed by atoms with Gasteiger partial charge in [-0.25, -0.2) is 0 Å². The highest BCUT2D eigenvalue weighted by Crippen LogP contribution is 2.08. The van der Waals surface area contributed by atoms with Crippen molar-refractivity contribution < 1.29 is 0 Å². The molecule has 1 saturated heterocycles. The highest BCUT2D eigenvalue weighted by molar-refractivity contribution is 5.01. The second-order valence-corrected chi connectivity index (χ2v) is 3.27. The van der Waals surface area contributed by atoms with Crippen LogP contribution in [0.2, 0.25) is 0 Å². The van der Waals surface area contributed by atoms with E-state index >= 15 is 0 Å². The standard InChI is InChI=1S/C9H18N2/c1-9(4-5-10)8-11-6-2-3-7-11/h4H,2-3,5-8,10H2,1H3/b9-4+. The minimum atomic E-state index is 0.680. The Labute approximate surface area is 69.1 Å². The first kappa shape index (κ1) is 8.75. The molecule has 0 aromatic carbocycles. The number of hydrogen-bond donors (Lipinski definition) is 1. The van der Waals surface area contributed by atoms with Crippen LogP contribution in [-0.2, 0) is 0 Å². The van der Waals surface area contributed by atoms with Gasteiger partial charge in [-0.1, -0.05) is 11.6 Å². The van der Waals surface area contributed by atoms with Crippen LogP contribution in [0.5, 0.6) is 0 Å². The van der Waals surface area contributed by atoms with Gasteiger partial charge in [0.25, 0.3) is 0 Å². The zero-order valence-electron chi connectivity index (χ0n) is 7.34. The number of rotatable bonds is 3. The lowest BCUT2D eigenvalue weighted by Gasteiger charge is -2.14. The van der Waals surface area contributed by atoms with E-state index in [2.05, 4.69) is 17.9 Å². The first-order chi connectivity index (χ1) is 5.33. The van der Waals surface area contributed by atoms with Gasteiger partial charge >= 0.3 is 0 Å². The average molecular weight is 154 g/mol. The van der Waals surface area contributed by atoms with Crippen molar-refractivity contribution in [1.82, 2.24) is 4.90 Å². The first-order valence-corrected chi connectivity index (χ1v) is 4.41. The molecule has 2 heteroatoms. The molecule has 0 aromatic rings. The summed E-state index contributed by atoms with van der Waals surface area (Å²) in [6.07, 6.45) is 4.85. The van der Waals surface area contributed by atoms with Crippen LogP contribution in [0.4, 0.5) is 0 Å². The van der Waals surface area contributed by atoms with Gasteiger partial charge in [-0.3, -0.25) is 4.90 Å². The highest BCUT2D eigenvalue weighted by Gasteiger charge is 2.10. The van der Waals surface area contributed by atoms with Crippen molar-refractivity contribution in [2.45, 2.75) is 19.8 Å². The van der Waals surface area contributed by atoms with Crippen molar-refractivity contribution in [2.75, 3.05) is 26.2 Å². The van der Waals surface area contributed by atoms with E-state index in [9.17, 15) is 0 Å². The molecule has 11 heavy (non-hydrogen) atoms. The average Bonchev–Trinajstić information content (AvgIpc) is 2.40. The number of hydrogen-bond acceptors (Lipinski definition) is 2. The van der Waals surface area contributed by atoms with E-state index in [1.165, 1.54) is 31.5 Å². The Kier molecular flexibility index (Phi) is 3.60. The van der Waals surface area contributed by atoms with Crippen molar-refractivity contribution in [2.24, 2.45) is 5.73 Å². The summed E-state index contributed by atoms with van der Waals surface area (Å²) in [6.45, 7) is 6.51. The van der Waals surface area contributed by atoms with Gasteiger partial charge < -0.3 is 5.73 Å². The Hall–Kier alpha value is -0.340. The predicted molar refractivity (Wildman–Crippen MR) is 48.5 cm³/mol. The quantitative estimate of drug-likeness (QED) is 0.614. The van der Waals surface area contributed by atoms with Crippen LogP contribution in [0.25, 0.3) is 0 Å². The predicted octanol–water partition coefficient (Wildman–Crippen LogP) is 0.987. The molecule has 2 nitrogen and oxygen atoms in total. The van der Waals surface area contributed by atoms with Gasteiger partial charge in [-0.15, -0.1) is 0 Å². The smallest absolute Gasteiger partial charge is 0.0190 e. The molecule has 1 fully saturated rings. The number of nitrogens with zero attached hydrogens (tertiary/aromatic N) is 1. The topological polar surface area (TPSA) is 29.3 Å². The molecule has 0 unspecified atom stereocenters. The molecule has 2 N–H and O–H groups in total. The van der Waals surface area contributed by atoms with Crippen LogP contribution in [0.1, 0.15) is 19.8 Å². The lowest BCUT2D eigenvalue weighted by atomic mass is 10.2. The van der Waals surface area contributed by atoms with E-state index < -0.39 is 0 Å². The Bertz CT molecular complexity index is 134. The SMILES string of the molecule is C/C(=C\CN)CN1CCCC1. The van der Waals surface area contributed by atoms with Crippen LogP contribution < -0.4 is 5.73 Å². The minimum absolute atomic E-state index is 0.680. The first-order valence-electron chi connectivity index (χ1n) is 4.41. The molecule has 1 rings (SSSR count). The fourth-order valence-electron chi connectivity index (χ4n) is 1.56. The van der Waals surface area contributed by atoms with E-state index in [0.717, 1.165) is 6.54 Å². The maximum atomic E-state index is 5.41. The van der Waals surface area contributed by atoms with Crippen LogP contribution in [0.3, 0.4) is 0 Å². The highest BCUT2D eigenvalue weighted by atomic mass is 15.1. The van der Waals surface area contributed by atoms with E-state index in [1.54, 1.807) is 0 Å². The number of likely N-dealkylation sites (tertiary alicyclic amines) is 1. The minimum Gasteiger partial charge on any atom is -0.327 e. The third-order valence-electron chi connectivity index (χ3n) is 2.14. The van der Waals surface area contributed by atoms with Gasteiger partial charge in [-0.2, -0.15) is 0 Å². The Morgan fingerprint density at radius 2 is 2.09 bits per heavy atom. The lowest BCUT2D eigenvalue weighted by Crippen LogP contribution is -2.21. The van der Waals surface area contributed by atoms with Gasteiger partial charge in [0, 0.05) is 13.1 Å². The fourth-order valence-corrected chi connectivity index (χ4v) is 1.56. The second kappa shape index (κ2) is 4.52. The summed E-state index contributed by atoms with van der Waals surface area (Å²) in [4.78, 5) is 2.49. The van der Waals surface area contributed by atoms with Crippen molar-refractivity contribution in [3.05, 3.63) is 11.6 Å². The summed E-state index contributed by atoms with van der Waals surface area (Å²) in [7, 11) is 0. The molecule has 64 valence electrons. The zero-order valence-corrected chi connectivity index (χ0v) is 7.34. The fraction of sp³-hybridized carbons (Fsp3) is 0.778.